The lowest BCUT2D eigenvalue weighted by molar-refractivity contribution is 0.204. The molecule has 2 aromatic carbocycles. The van der Waals surface area contributed by atoms with E-state index in [0.29, 0.717) is 0 Å². The largest absolute Gasteiger partial charge is 0.481 e. The van der Waals surface area contributed by atoms with Crippen molar-refractivity contribution in [3.8, 4) is 5.75 Å². The van der Waals surface area contributed by atoms with Crippen molar-refractivity contribution in [2.24, 2.45) is 5.73 Å². The van der Waals surface area contributed by atoms with E-state index in [2.05, 4.69) is 0 Å². The maximum absolute atomic E-state index is 13.8. The van der Waals surface area contributed by atoms with Gasteiger partial charge in [0, 0.05) is 6.54 Å². The molecule has 0 aromatic heterocycles. The third-order valence-electron chi connectivity index (χ3n) is 2.93. The minimum Gasteiger partial charge on any atom is -0.481 e. The fourth-order valence-corrected chi connectivity index (χ4v) is 2.08. The normalized spacial score (nSPS) is 12.2. The molecule has 0 spiro atoms. The number of ether oxygens (including phenoxy) is 1. The van der Waals surface area contributed by atoms with Gasteiger partial charge in [-0.1, -0.05) is 41.9 Å². The summed E-state index contributed by atoms with van der Waals surface area (Å²) in [5.74, 6) is -0.442. The SMILES string of the molecule is Cc1ccccc1C(CN)Oc1cccc(Cl)c1F. The Balaban J connectivity index is 2.30. The zero-order valence-electron chi connectivity index (χ0n) is 10.6. The minimum absolute atomic E-state index is 0.0399. The molecule has 0 radical (unpaired) electrons. The second kappa shape index (κ2) is 6.04. The molecule has 0 amide bonds. The Morgan fingerprint density at radius 1 is 1.21 bits per heavy atom. The molecule has 0 aliphatic rings. The highest BCUT2D eigenvalue weighted by Gasteiger charge is 2.16. The van der Waals surface area contributed by atoms with E-state index < -0.39 is 11.9 Å². The summed E-state index contributed by atoms with van der Waals surface area (Å²) in [6.45, 7) is 2.23. The molecule has 0 aliphatic heterocycles. The molecular weight excluding hydrogens is 265 g/mol. The van der Waals surface area contributed by atoms with E-state index in [-0.39, 0.29) is 17.3 Å². The van der Waals surface area contributed by atoms with Crippen molar-refractivity contribution in [1.82, 2.24) is 0 Å². The van der Waals surface area contributed by atoms with Gasteiger partial charge in [-0.05, 0) is 30.2 Å². The highest BCUT2D eigenvalue weighted by Crippen LogP contribution is 2.29. The van der Waals surface area contributed by atoms with Gasteiger partial charge in [-0.2, -0.15) is 0 Å². The maximum Gasteiger partial charge on any atom is 0.183 e. The van der Waals surface area contributed by atoms with Gasteiger partial charge in [0.15, 0.2) is 11.6 Å². The highest BCUT2D eigenvalue weighted by atomic mass is 35.5. The molecule has 1 unspecified atom stereocenters. The number of aryl methyl sites for hydroxylation is 1. The molecule has 4 heteroatoms. The van der Waals surface area contributed by atoms with Crippen molar-refractivity contribution in [2.75, 3.05) is 6.54 Å². The summed E-state index contributed by atoms with van der Waals surface area (Å²) < 4.78 is 19.5. The molecule has 0 fully saturated rings. The Kier molecular flexibility index (Phi) is 4.40. The lowest BCUT2D eigenvalue weighted by Crippen LogP contribution is -2.19. The van der Waals surface area contributed by atoms with Gasteiger partial charge in [0.05, 0.1) is 5.02 Å². The van der Waals surface area contributed by atoms with Gasteiger partial charge in [0.2, 0.25) is 0 Å². The van der Waals surface area contributed by atoms with Gasteiger partial charge in [-0.3, -0.25) is 0 Å². The van der Waals surface area contributed by atoms with E-state index in [1.165, 1.54) is 6.07 Å². The van der Waals surface area contributed by atoms with Crippen molar-refractivity contribution >= 4 is 11.6 Å². The fraction of sp³-hybridized carbons (Fsp3) is 0.200. The first kappa shape index (κ1) is 13.8. The van der Waals surface area contributed by atoms with Crippen LogP contribution in [0.3, 0.4) is 0 Å². The van der Waals surface area contributed by atoms with Crippen LogP contribution in [0.15, 0.2) is 42.5 Å². The van der Waals surface area contributed by atoms with Crippen molar-refractivity contribution in [3.05, 3.63) is 64.4 Å². The monoisotopic (exact) mass is 279 g/mol. The number of rotatable bonds is 4. The number of hydrogen-bond donors (Lipinski definition) is 1. The summed E-state index contributed by atoms with van der Waals surface area (Å²) in [5.41, 5.74) is 7.73. The quantitative estimate of drug-likeness (QED) is 0.922. The molecule has 0 bridgehead atoms. The van der Waals surface area contributed by atoms with Crippen LogP contribution in [0.5, 0.6) is 5.75 Å². The van der Waals surface area contributed by atoms with Crippen LogP contribution in [0.25, 0.3) is 0 Å². The molecule has 0 saturated carbocycles. The predicted octanol–water partition coefficient (Wildman–Crippen LogP) is 3.87. The molecule has 2 nitrogen and oxygen atoms in total. The number of benzene rings is 2. The van der Waals surface area contributed by atoms with Crippen LogP contribution in [-0.2, 0) is 0 Å². The average molecular weight is 280 g/mol. The molecule has 1 atom stereocenters. The summed E-state index contributed by atoms with van der Waals surface area (Å²) in [5, 5.41) is 0.0399. The Morgan fingerprint density at radius 3 is 2.63 bits per heavy atom. The third kappa shape index (κ3) is 3.06. The van der Waals surface area contributed by atoms with Gasteiger partial charge in [-0.25, -0.2) is 4.39 Å². The minimum atomic E-state index is -0.559. The maximum atomic E-state index is 13.8. The average Bonchev–Trinajstić information content (AvgIpc) is 2.41. The molecule has 19 heavy (non-hydrogen) atoms. The number of halogens is 2. The van der Waals surface area contributed by atoms with Gasteiger partial charge in [0.1, 0.15) is 6.10 Å². The molecular formula is C15H15ClFNO. The molecule has 2 N–H and O–H groups in total. The second-order valence-corrected chi connectivity index (χ2v) is 4.66. The van der Waals surface area contributed by atoms with E-state index in [1.54, 1.807) is 12.1 Å². The Hall–Kier alpha value is -1.58. The van der Waals surface area contributed by atoms with Gasteiger partial charge in [0.25, 0.3) is 0 Å². The zero-order chi connectivity index (χ0) is 13.8. The third-order valence-corrected chi connectivity index (χ3v) is 3.23. The molecule has 2 rings (SSSR count). The van der Waals surface area contributed by atoms with E-state index in [4.69, 9.17) is 22.1 Å². The summed E-state index contributed by atoms with van der Waals surface area (Å²) in [7, 11) is 0. The Morgan fingerprint density at radius 2 is 1.95 bits per heavy atom. The highest BCUT2D eigenvalue weighted by molar-refractivity contribution is 6.30. The fourth-order valence-electron chi connectivity index (χ4n) is 1.91. The van der Waals surface area contributed by atoms with E-state index in [1.807, 2.05) is 31.2 Å². The Labute approximate surface area is 117 Å². The molecule has 0 saturated heterocycles. The van der Waals surface area contributed by atoms with Crippen molar-refractivity contribution < 1.29 is 9.13 Å². The molecule has 2 aromatic rings. The van der Waals surface area contributed by atoms with E-state index in [0.717, 1.165) is 11.1 Å². The molecule has 0 heterocycles. The van der Waals surface area contributed by atoms with Crippen molar-refractivity contribution in [2.45, 2.75) is 13.0 Å². The number of hydrogen-bond acceptors (Lipinski definition) is 2. The van der Waals surface area contributed by atoms with Crippen molar-refractivity contribution in [1.29, 1.82) is 0 Å². The van der Waals surface area contributed by atoms with Crippen LogP contribution in [0.4, 0.5) is 4.39 Å². The lowest BCUT2D eigenvalue weighted by Gasteiger charge is -2.20. The van der Waals surface area contributed by atoms with Crippen molar-refractivity contribution in [3.63, 3.8) is 0 Å². The van der Waals surface area contributed by atoms with E-state index >= 15 is 0 Å². The standard InChI is InChI=1S/C15H15ClFNO/c1-10-5-2-3-6-11(10)14(9-18)19-13-8-4-7-12(16)15(13)17/h2-8,14H,9,18H2,1H3. The first-order valence-electron chi connectivity index (χ1n) is 5.99. The predicted molar refractivity (Wildman–Crippen MR) is 75.0 cm³/mol. The van der Waals surface area contributed by atoms with Gasteiger partial charge in [-0.15, -0.1) is 0 Å². The first-order valence-corrected chi connectivity index (χ1v) is 6.37. The van der Waals surface area contributed by atoms with Crippen LogP contribution in [0, 0.1) is 12.7 Å². The van der Waals surface area contributed by atoms with Gasteiger partial charge < -0.3 is 10.5 Å². The first-order chi connectivity index (χ1) is 9.13. The molecule has 100 valence electrons. The van der Waals surface area contributed by atoms with Crippen LogP contribution in [-0.4, -0.2) is 6.54 Å². The summed E-state index contributed by atoms with van der Waals surface area (Å²) in [6.07, 6.45) is -0.394. The van der Waals surface area contributed by atoms with Crippen LogP contribution < -0.4 is 10.5 Å². The van der Waals surface area contributed by atoms with Crippen LogP contribution in [0.1, 0.15) is 17.2 Å². The van der Waals surface area contributed by atoms with Crippen LogP contribution >= 0.6 is 11.6 Å². The number of nitrogens with two attached hydrogens (primary N) is 1. The zero-order valence-corrected chi connectivity index (χ0v) is 11.3. The van der Waals surface area contributed by atoms with Crippen LogP contribution in [0.2, 0.25) is 5.02 Å². The second-order valence-electron chi connectivity index (χ2n) is 4.25. The smallest absolute Gasteiger partial charge is 0.183 e. The van der Waals surface area contributed by atoms with E-state index in [9.17, 15) is 4.39 Å². The topological polar surface area (TPSA) is 35.2 Å². The Bertz CT molecular complexity index is 574. The summed E-state index contributed by atoms with van der Waals surface area (Å²) >= 11 is 5.73. The summed E-state index contributed by atoms with van der Waals surface area (Å²) in [6, 6.07) is 12.4. The summed E-state index contributed by atoms with van der Waals surface area (Å²) in [4.78, 5) is 0. The van der Waals surface area contributed by atoms with Gasteiger partial charge >= 0.3 is 0 Å². The molecule has 0 aliphatic carbocycles. The lowest BCUT2D eigenvalue weighted by atomic mass is 10.0.